The van der Waals surface area contributed by atoms with Crippen molar-refractivity contribution >= 4 is 29.3 Å². The van der Waals surface area contributed by atoms with Crippen LogP contribution in [-0.4, -0.2) is 23.7 Å². The number of benzene rings is 1. The van der Waals surface area contributed by atoms with Gasteiger partial charge >= 0.3 is 12.0 Å². The Morgan fingerprint density at radius 3 is 2.71 bits per heavy atom. The highest BCUT2D eigenvalue weighted by Gasteiger charge is 2.15. The number of nitrogens with one attached hydrogen (secondary N) is 2. The van der Waals surface area contributed by atoms with E-state index in [4.69, 9.17) is 21.1 Å². The Balaban J connectivity index is 1.93. The normalized spacial score (nSPS) is 10.1. The fourth-order valence-corrected chi connectivity index (χ4v) is 2.02. The molecule has 0 atom stereocenters. The summed E-state index contributed by atoms with van der Waals surface area (Å²) in [6, 6.07) is 7.55. The first-order valence-corrected chi connectivity index (χ1v) is 6.55. The lowest BCUT2D eigenvalue weighted by Crippen LogP contribution is -2.31. The van der Waals surface area contributed by atoms with E-state index in [9.17, 15) is 9.59 Å². The highest BCUT2D eigenvalue weighted by molar-refractivity contribution is 6.34. The van der Waals surface area contributed by atoms with Crippen molar-refractivity contribution in [3.05, 3.63) is 52.9 Å². The summed E-state index contributed by atoms with van der Waals surface area (Å²) in [5.74, 6) is -0.448. The maximum Gasteiger partial charge on any atom is 0.339 e. The molecule has 0 saturated carbocycles. The van der Waals surface area contributed by atoms with Crippen LogP contribution in [0.1, 0.15) is 16.1 Å². The molecule has 0 aliphatic carbocycles. The smallest absolute Gasteiger partial charge is 0.339 e. The van der Waals surface area contributed by atoms with Crippen molar-refractivity contribution in [3.8, 4) is 0 Å². The number of hydrogen-bond acceptors (Lipinski definition) is 3. The van der Waals surface area contributed by atoms with Gasteiger partial charge in [0.15, 0.2) is 0 Å². The third kappa shape index (κ3) is 4.00. The van der Waals surface area contributed by atoms with Gasteiger partial charge in [-0.25, -0.2) is 9.59 Å². The van der Waals surface area contributed by atoms with Gasteiger partial charge in [-0.15, -0.1) is 0 Å². The Hall–Kier alpha value is -2.47. The average Bonchev–Trinajstić information content (AvgIpc) is 2.91. The summed E-state index contributed by atoms with van der Waals surface area (Å²) in [5.41, 5.74) is 0.00542. The summed E-state index contributed by atoms with van der Waals surface area (Å²) in [5, 5.41) is 14.2. The summed E-state index contributed by atoms with van der Waals surface area (Å²) in [6.45, 7) is 0.363. The molecule has 0 fully saturated rings. The number of carbonyl (C=O) groups is 2. The second-order valence-electron chi connectivity index (χ2n) is 4.18. The van der Waals surface area contributed by atoms with Crippen molar-refractivity contribution in [1.29, 1.82) is 0 Å². The molecule has 2 rings (SSSR count). The lowest BCUT2D eigenvalue weighted by atomic mass is 10.2. The number of furan rings is 1. The number of carboxylic acid groups (broad SMARTS) is 1. The maximum atomic E-state index is 11.7. The van der Waals surface area contributed by atoms with Crippen LogP contribution in [0.3, 0.4) is 0 Å². The van der Waals surface area contributed by atoms with Crippen LogP contribution in [-0.2, 0) is 6.42 Å². The summed E-state index contributed by atoms with van der Waals surface area (Å²) in [6.07, 6.45) is 2.10. The molecule has 1 aromatic carbocycles. The van der Waals surface area contributed by atoms with Gasteiger partial charge in [-0.1, -0.05) is 17.7 Å². The van der Waals surface area contributed by atoms with Crippen LogP contribution in [0.25, 0.3) is 0 Å². The van der Waals surface area contributed by atoms with Crippen LogP contribution in [0.2, 0.25) is 5.02 Å². The van der Waals surface area contributed by atoms with Crippen LogP contribution in [0, 0.1) is 0 Å². The first-order chi connectivity index (χ1) is 10.1. The largest absolute Gasteiger partial charge is 0.478 e. The number of halogens is 1. The first-order valence-electron chi connectivity index (χ1n) is 6.17. The molecule has 21 heavy (non-hydrogen) atoms. The molecule has 0 radical (unpaired) electrons. The van der Waals surface area contributed by atoms with E-state index >= 15 is 0 Å². The fourth-order valence-electron chi connectivity index (χ4n) is 1.77. The van der Waals surface area contributed by atoms with Gasteiger partial charge in [-0.3, -0.25) is 0 Å². The van der Waals surface area contributed by atoms with Crippen molar-refractivity contribution in [2.45, 2.75) is 6.42 Å². The third-order valence-corrected chi connectivity index (χ3v) is 3.03. The summed E-state index contributed by atoms with van der Waals surface area (Å²) in [7, 11) is 0. The molecule has 2 aromatic rings. The van der Waals surface area contributed by atoms with Gasteiger partial charge in [0.2, 0.25) is 0 Å². The Morgan fingerprint density at radius 2 is 2.05 bits per heavy atom. The number of carbonyl (C=O) groups excluding carboxylic acids is 1. The molecule has 0 bridgehead atoms. The third-order valence-electron chi connectivity index (χ3n) is 2.71. The number of carboxylic acids is 1. The monoisotopic (exact) mass is 308 g/mol. The van der Waals surface area contributed by atoms with Gasteiger partial charge in [0.25, 0.3) is 0 Å². The molecule has 3 N–H and O–H groups in total. The predicted octanol–water partition coefficient (Wildman–Crippen LogP) is 3.00. The molecule has 0 unspecified atom stereocenters. The summed E-state index contributed by atoms with van der Waals surface area (Å²) in [4.78, 5) is 22.9. The van der Waals surface area contributed by atoms with E-state index in [0.717, 1.165) is 5.76 Å². The van der Waals surface area contributed by atoms with Crippen LogP contribution < -0.4 is 10.6 Å². The molecular formula is C14H13ClN2O4. The molecule has 110 valence electrons. The average molecular weight is 309 g/mol. The first kappa shape index (κ1) is 14.9. The number of urea groups is 1. The van der Waals surface area contributed by atoms with E-state index < -0.39 is 12.0 Å². The number of aromatic carboxylic acids is 1. The van der Waals surface area contributed by atoms with E-state index in [1.54, 1.807) is 24.5 Å². The lowest BCUT2D eigenvalue weighted by molar-refractivity contribution is 0.0698. The van der Waals surface area contributed by atoms with E-state index in [1.807, 2.05) is 0 Å². The van der Waals surface area contributed by atoms with Gasteiger partial charge in [-0.05, 0) is 24.3 Å². The Bertz CT molecular complexity index is 640. The lowest BCUT2D eigenvalue weighted by Gasteiger charge is -2.10. The van der Waals surface area contributed by atoms with Crippen molar-refractivity contribution < 1.29 is 19.1 Å². The highest BCUT2D eigenvalue weighted by Crippen LogP contribution is 2.24. The quantitative estimate of drug-likeness (QED) is 0.791. The number of rotatable bonds is 5. The molecular weight excluding hydrogens is 296 g/mol. The van der Waals surface area contributed by atoms with Crippen molar-refractivity contribution in [2.24, 2.45) is 0 Å². The molecule has 0 aliphatic rings. The van der Waals surface area contributed by atoms with Gasteiger partial charge in [0, 0.05) is 13.0 Å². The topological polar surface area (TPSA) is 91.6 Å². The maximum absolute atomic E-state index is 11.7. The highest BCUT2D eigenvalue weighted by atomic mass is 35.5. The molecule has 2 amide bonds. The van der Waals surface area contributed by atoms with Gasteiger partial charge in [-0.2, -0.15) is 0 Å². The molecule has 1 aromatic heterocycles. The summed E-state index contributed by atoms with van der Waals surface area (Å²) >= 11 is 5.81. The number of hydrogen-bond donors (Lipinski definition) is 3. The number of amides is 2. The van der Waals surface area contributed by atoms with Crippen molar-refractivity contribution in [3.63, 3.8) is 0 Å². The molecule has 0 spiro atoms. The Morgan fingerprint density at radius 1 is 1.24 bits per heavy atom. The molecule has 0 saturated heterocycles. The molecule has 7 heteroatoms. The van der Waals surface area contributed by atoms with Crippen LogP contribution in [0.15, 0.2) is 41.0 Å². The Kier molecular flexibility index (Phi) is 4.84. The minimum atomic E-state index is -1.20. The zero-order chi connectivity index (χ0) is 15.2. The van der Waals surface area contributed by atoms with Crippen LogP contribution in [0.4, 0.5) is 10.5 Å². The van der Waals surface area contributed by atoms with Crippen molar-refractivity contribution in [1.82, 2.24) is 5.32 Å². The van der Waals surface area contributed by atoms with E-state index in [-0.39, 0.29) is 16.3 Å². The second-order valence-corrected chi connectivity index (χ2v) is 4.59. The number of anilines is 1. The van der Waals surface area contributed by atoms with Crippen LogP contribution >= 0.6 is 11.6 Å². The zero-order valence-corrected chi connectivity index (χ0v) is 11.7. The predicted molar refractivity (Wildman–Crippen MR) is 77.8 cm³/mol. The molecule has 0 aliphatic heterocycles. The van der Waals surface area contributed by atoms with Crippen LogP contribution in [0.5, 0.6) is 0 Å². The Labute approximate surface area is 125 Å². The summed E-state index contributed by atoms with van der Waals surface area (Å²) < 4.78 is 5.13. The van der Waals surface area contributed by atoms with Crippen molar-refractivity contribution in [2.75, 3.05) is 11.9 Å². The zero-order valence-electron chi connectivity index (χ0n) is 10.9. The minimum Gasteiger partial charge on any atom is -0.478 e. The molecule has 1 heterocycles. The second kappa shape index (κ2) is 6.81. The van der Waals surface area contributed by atoms with Gasteiger partial charge in [0.05, 0.1) is 17.0 Å². The van der Waals surface area contributed by atoms with Gasteiger partial charge < -0.3 is 20.2 Å². The van der Waals surface area contributed by atoms with Gasteiger partial charge in [0.1, 0.15) is 11.3 Å². The van der Waals surface area contributed by atoms with E-state index in [2.05, 4.69) is 10.6 Å². The van der Waals surface area contributed by atoms with E-state index in [1.165, 1.54) is 12.1 Å². The van der Waals surface area contributed by atoms with E-state index in [0.29, 0.717) is 13.0 Å². The SMILES string of the molecule is O=C(NCCc1ccco1)Nc1cccc(Cl)c1C(=O)O. The fraction of sp³-hybridized carbons (Fsp3) is 0.143. The molecule has 6 nitrogen and oxygen atoms in total. The standard InChI is InChI=1S/C14H13ClN2O4/c15-10-4-1-5-11(12(10)13(18)19)17-14(20)16-7-6-9-3-2-8-21-9/h1-5,8H,6-7H2,(H,18,19)(H2,16,17,20). The minimum absolute atomic E-state index is 0.0656.